The molecule has 1 rings (SSSR count). The Morgan fingerprint density at radius 2 is 1.88 bits per heavy atom. The SMILES string of the molecule is CCc1nn(CCCC(F)(F)F)c(CC)c1N. The summed E-state index contributed by atoms with van der Waals surface area (Å²) >= 11 is 0. The molecule has 0 aliphatic heterocycles. The van der Waals surface area contributed by atoms with Crippen molar-refractivity contribution in [1.29, 1.82) is 0 Å². The van der Waals surface area contributed by atoms with Crippen molar-refractivity contribution >= 4 is 5.69 Å². The lowest BCUT2D eigenvalue weighted by atomic mass is 10.2. The van der Waals surface area contributed by atoms with Crippen LogP contribution in [0, 0.1) is 0 Å². The van der Waals surface area contributed by atoms with Gasteiger partial charge in [0, 0.05) is 13.0 Å². The Hall–Kier alpha value is -1.20. The van der Waals surface area contributed by atoms with Crippen molar-refractivity contribution < 1.29 is 13.2 Å². The van der Waals surface area contributed by atoms with Crippen LogP contribution in [0.15, 0.2) is 0 Å². The fourth-order valence-electron chi connectivity index (χ4n) is 1.81. The van der Waals surface area contributed by atoms with Crippen molar-refractivity contribution in [3.05, 3.63) is 11.4 Å². The second-order valence-electron chi connectivity index (χ2n) is 3.96. The molecule has 0 aromatic carbocycles. The molecule has 3 nitrogen and oxygen atoms in total. The molecule has 98 valence electrons. The van der Waals surface area contributed by atoms with E-state index >= 15 is 0 Å². The van der Waals surface area contributed by atoms with Crippen molar-refractivity contribution in [2.75, 3.05) is 5.73 Å². The fraction of sp³-hybridized carbons (Fsp3) is 0.727. The van der Waals surface area contributed by atoms with E-state index in [1.807, 2.05) is 13.8 Å². The number of halogens is 3. The molecule has 1 aromatic rings. The zero-order valence-corrected chi connectivity index (χ0v) is 10.1. The number of rotatable bonds is 5. The molecule has 0 aliphatic carbocycles. The van der Waals surface area contributed by atoms with Crippen LogP contribution in [-0.4, -0.2) is 16.0 Å². The zero-order valence-electron chi connectivity index (χ0n) is 10.1. The first-order valence-electron chi connectivity index (χ1n) is 5.79. The molecular formula is C11H18F3N3. The summed E-state index contributed by atoms with van der Waals surface area (Å²) in [5, 5.41) is 4.24. The topological polar surface area (TPSA) is 43.8 Å². The van der Waals surface area contributed by atoms with E-state index in [2.05, 4.69) is 5.10 Å². The molecule has 0 bridgehead atoms. The molecule has 0 atom stereocenters. The van der Waals surface area contributed by atoms with Gasteiger partial charge in [-0.15, -0.1) is 0 Å². The van der Waals surface area contributed by atoms with E-state index in [0.29, 0.717) is 18.5 Å². The van der Waals surface area contributed by atoms with Crippen molar-refractivity contribution in [3.8, 4) is 0 Å². The Labute approximate surface area is 98.8 Å². The third-order valence-corrected chi connectivity index (χ3v) is 2.67. The summed E-state index contributed by atoms with van der Waals surface area (Å²) in [4.78, 5) is 0. The molecule has 0 fully saturated rings. The molecule has 0 saturated carbocycles. The lowest BCUT2D eigenvalue weighted by molar-refractivity contribution is -0.136. The highest BCUT2D eigenvalue weighted by atomic mass is 19.4. The van der Waals surface area contributed by atoms with Gasteiger partial charge in [0.2, 0.25) is 0 Å². The van der Waals surface area contributed by atoms with E-state index in [1.165, 1.54) is 0 Å². The Morgan fingerprint density at radius 3 is 2.35 bits per heavy atom. The van der Waals surface area contributed by atoms with Crippen LogP contribution in [0.1, 0.15) is 38.1 Å². The molecule has 0 unspecified atom stereocenters. The summed E-state index contributed by atoms with van der Waals surface area (Å²) in [5.74, 6) is 0. The first-order valence-corrected chi connectivity index (χ1v) is 5.79. The van der Waals surface area contributed by atoms with E-state index in [1.54, 1.807) is 4.68 Å². The van der Waals surface area contributed by atoms with Gasteiger partial charge in [0.15, 0.2) is 0 Å². The smallest absolute Gasteiger partial charge is 0.389 e. The van der Waals surface area contributed by atoms with Crippen LogP contribution < -0.4 is 5.73 Å². The minimum Gasteiger partial charge on any atom is -0.396 e. The highest BCUT2D eigenvalue weighted by molar-refractivity contribution is 5.48. The van der Waals surface area contributed by atoms with Crippen molar-refractivity contribution in [2.45, 2.75) is 52.3 Å². The highest BCUT2D eigenvalue weighted by Crippen LogP contribution is 2.23. The Bertz CT molecular complexity index is 369. The average Bonchev–Trinajstić information content (AvgIpc) is 2.53. The number of nitrogen functional groups attached to an aromatic ring is 1. The maximum atomic E-state index is 12.0. The van der Waals surface area contributed by atoms with Crippen LogP contribution in [0.25, 0.3) is 0 Å². The first-order chi connectivity index (χ1) is 7.89. The molecule has 0 saturated heterocycles. The van der Waals surface area contributed by atoms with Gasteiger partial charge in [0.1, 0.15) is 0 Å². The summed E-state index contributed by atoms with van der Waals surface area (Å²) in [6, 6.07) is 0. The second-order valence-corrected chi connectivity index (χ2v) is 3.96. The van der Waals surface area contributed by atoms with Crippen LogP contribution in [0.5, 0.6) is 0 Å². The van der Waals surface area contributed by atoms with Gasteiger partial charge in [-0.2, -0.15) is 18.3 Å². The molecule has 0 radical (unpaired) electrons. The van der Waals surface area contributed by atoms with Gasteiger partial charge in [-0.1, -0.05) is 13.8 Å². The van der Waals surface area contributed by atoms with Crippen LogP contribution in [-0.2, 0) is 19.4 Å². The largest absolute Gasteiger partial charge is 0.396 e. The standard InChI is InChI=1S/C11H18F3N3/c1-3-8-10(15)9(4-2)17(16-8)7-5-6-11(12,13)14/h3-7,15H2,1-2H3. The summed E-state index contributed by atoms with van der Waals surface area (Å²) < 4.78 is 37.7. The molecule has 17 heavy (non-hydrogen) atoms. The minimum atomic E-state index is -4.10. The van der Waals surface area contributed by atoms with Gasteiger partial charge in [-0.3, -0.25) is 4.68 Å². The van der Waals surface area contributed by atoms with Gasteiger partial charge in [0.05, 0.1) is 17.1 Å². The van der Waals surface area contributed by atoms with E-state index in [4.69, 9.17) is 5.73 Å². The number of nitrogens with two attached hydrogens (primary N) is 1. The number of aromatic nitrogens is 2. The number of nitrogens with zero attached hydrogens (tertiary/aromatic N) is 2. The Morgan fingerprint density at radius 1 is 1.24 bits per heavy atom. The van der Waals surface area contributed by atoms with Crippen molar-refractivity contribution in [2.24, 2.45) is 0 Å². The highest BCUT2D eigenvalue weighted by Gasteiger charge is 2.26. The van der Waals surface area contributed by atoms with Crippen LogP contribution in [0.3, 0.4) is 0 Å². The van der Waals surface area contributed by atoms with Crippen LogP contribution in [0.2, 0.25) is 0 Å². The average molecular weight is 249 g/mol. The molecule has 6 heteroatoms. The van der Waals surface area contributed by atoms with Gasteiger partial charge in [-0.25, -0.2) is 0 Å². The molecule has 2 N–H and O–H groups in total. The Kier molecular flexibility index (Phi) is 4.42. The summed E-state index contributed by atoms with van der Waals surface area (Å²) in [7, 11) is 0. The number of hydrogen-bond donors (Lipinski definition) is 1. The molecule has 0 amide bonds. The van der Waals surface area contributed by atoms with E-state index in [-0.39, 0.29) is 13.0 Å². The lowest BCUT2D eigenvalue weighted by Crippen LogP contribution is -2.11. The van der Waals surface area contributed by atoms with Gasteiger partial charge < -0.3 is 5.73 Å². The molecule has 1 aromatic heterocycles. The number of alkyl halides is 3. The molecule has 0 aliphatic rings. The van der Waals surface area contributed by atoms with Gasteiger partial charge >= 0.3 is 6.18 Å². The van der Waals surface area contributed by atoms with Crippen molar-refractivity contribution in [3.63, 3.8) is 0 Å². The third kappa shape index (κ3) is 3.64. The first kappa shape index (κ1) is 13.9. The molecule has 1 heterocycles. The van der Waals surface area contributed by atoms with Gasteiger partial charge in [-0.05, 0) is 19.3 Å². The molecular weight excluding hydrogens is 231 g/mol. The second kappa shape index (κ2) is 5.42. The maximum Gasteiger partial charge on any atom is 0.389 e. The van der Waals surface area contributed by atoms with E-state index in [9.17, 15) is 13.2 Å². The third-order valence-electron chi connectivity index (χ3n) is 2.67. The number of hydrogen-bond acceptors (Lipinski definition) is 2. The van der Waals surface area contributed by atoms with Crippen LogP contribution in [0.4, 0.5) is 18.9 Å². The molecule has 0 spiro atoms. The minimum absolute atomic E-state index is 0.0424. The van der Waals surface area contributed by atoms with Crippen LogP contribution >= 0.6 is 0 Å². The summed E-state index contributed by atoms with van der Waals surface area (Å²) in [5.41, 5.74) is 8.11. The predicted octanol–water partition coefficient (Wildman–Crippen LogP) is 2.93. The Balaban J connectivity index is 2.70. The normalized spacial score (nSPS) is 12.1. The summed E-state index contributed by atoms with van der Waals surface area (Å²) in [6.07, 6.45) is -3.45. The van der Waals surface area contributed by atoms with Gasteiger partial charge in [0.25, 0.3) is 0 Å². The quantitative estimate of drug-likeness (QED) is 0.871. The summed E-state index contributed by atoms with van der Waals surface area (Å²) in [6.45, 7) is 4.12. The lowest BCUT2D eigenvalue weighted by Gasteiger charge is -2.08. The maximum absolute atomic E-state index is 12.0. The zero-order chi connectivity index (χ0) is 13.1. The fourth-order valence-corrected chi connectivity index (χ4v) is 1.81. The van der Waals surface area contributed by atoms with E-state index < -0.39 is 12.6 Å². The monoisotopic (exact) mass is 249 g/mol. The predicted molar refractivity (Wildman–Crippen MR) is 60.7 cm³/mol. The van der Waals surface area contributed by atoms with Crippen molar-refractivity contribution in [1.82, 2.24) is 9.78 Å². The number of aryl methyl sites for hydroxylation is 2. The van der Waals surface area contributed by atoms with E-state index in [0.717, 1.165) is 11.4 Å². The number of anilines is 1.